The molecule has 1 saturated carbocycles. The molecule has 6 nitrogen and oxygen atoms in total. The number of carboxylic acids is 1. The van der Waals surface area contributed by atoms with Crippen LogP contribution in [0.25, 0.3) is 0 Å². The van der Waals surface area contributed by atoms with Gasteiger partial charge in [0, 0.05) is 12.6 Å². The second-order valence-electron chi connectivity index (χ2n) is 4.85. The van der Waals surface area contributed by atoms with Crippen molar-refractivity contribution in [1.82, 2.24) is 10.2 Å². The number of aliphatic hydroxyl groups is 1. The minimum absolute atomic E-state index is 0.208. The molecule has 2 atom stereocenters. The van der Waals surface area contributed by atoms with Crippen LogP contribution in [0, 0.1) is 5.92 Å². The van der Waals surface area contributed by atoms with Gasteiger partial charge in [-0.2, -0.15) is 0 Å². The molecular weight excluding hydrogens is 274 g/mol. The number of carbonyl (C=O) groups is 2. The summed E-state index contributed by atoms with van der Waals surface area (Å²) in [5.41, 5.74) is 0. The van der Waals surface area contributed by atoms with Gasteiger partial charge >= 0.3 is 12.0 Å². The first-order chi connectivity index (χ1) is 9.45. The molecule has 1 aliphatic carbocycles. The Morgan fingerprint density at radius 3 is 2.50 bits per heavy atom. The van der Waals surface area contributed by atoms with Gasteiger partial charge < -0.3 is 20.4 Å². The Hall–Kier alpha value is -1.44. The van der Waals surface area contributed by atoms with Gasteiger partial charge in [0.2, 0.25) is 0 Å². The maximum absolute atomic E-state index is 12.4. The lowest BCUT2D eigenvalue weighted by molar-refractivity contribution is -0.143. The second kappa shape index (κ2) is 7.98. The fraction of sp³-hybridized carbons (Fsp3) is 0.833. The van der Waals surface area contributed by atoms with Crippen LogP contribution < -0.4 is 5.32 Å². The Bertz CT molecular complexity index is 341. The van der Waals surface area contributed by atoms with Crippen LogP contribution in [0.2, 0.25) is 0 Å². The van der Waals surface area contributed by atoms with Crippen molar-refractivity contribution in [2.45, 2.75) is 38.2 Å². The third-order valence-electron chi connectivity index (χ3n) is 3.41. The molecule has 0 aromatic rings. The number of alkyl halides is 2. The smallest absolute Gasteiger partial charge is 0.317 e. The first-order valence-electron chi connectivity index (χ1n) is 6.63. The van der Waals surface area contributed by atoms with Crippen molar-refractivity contribution < 1.29 is 28.6 Å². The third kappa shape index (κ3) is 4.92. The summed E-state index contributed by atoms with van der Waals surface area (Å²) in [6, 6.07) is -1.30. The summed E-state index contributed by atoms with van der Waals surface area (Å²) in [6.45, 7) is -1.41. The number of rotatable bonds is 6. The molecule has 116 valence electrons. The highest BCUT2D eigenvalue weighted by atomic mass is 19.3. The summed E-state index contributed by atoms with van der Waals surface area (Å²) >= 11 is 0. The molecular formula is C12H20F2N2O4. The summed E-state index contributed by atoms with van der Waals surface area (Å²) in [4.78, 5) is 23.8. The molecule has 2 amide bonds. The molecule has 0 saturated heterocycles. The maximum Gasteiger partial charge on any atom is 0.317 e. The van der Waals surface area contributed by atoms with E-state index in [1.165, 1.54) is 0 Å². The monoisotopic (exact) mass is 294 g/mol. The average Bonchev–Trinajstić information content (AvgIpc) is 2.38. The van der Waals surface area contributed by atoms with Gasteiger partial charge in [0.15, 0.2) is 0 Å². The van der Waals surface area contributed by atoms with E-state index in [0.717, 1.165) is 17.7 Å². The van der Waals surface area contributed by atoms with Gasteiger partial charge in [-0.3, -0.25) is 4.79 Å². The molecule has 2 unspecified atom stereocenters. The molecule has 1 aliphatic rings. The molecule has 0 heterocycles. The highest BCUT2D eigenvalue weighted by Gasteiger charge is 2.33. The van der Waals surface area contributed by atoms with E-state index < -0.39 is 43.5 Å². The third-order valence-corrected chi connectivity index (χ3v) is 3.41. The molecule has 0 spiro atoms. The predicted molar refractivity (Wildman–Crippen MR) is 66.6 cm³/mol. The van der Waals surface area contributed by atoms with Gasteiger partial charge in [-0.15, -0.1) is 0 Å². The number of aliphatic hydroxyl groups excluding tert-OH is 1. The van der Waals surface area contributed by atoms with Gasteiger partial charge in [-0.25, -0.2) is 13.6 Å². The molecule has 0 bridgehead atoms. The van der Waals surface area contributed by atoms with E-state index in [1.54, 1.807) is 0 Å². The Morgan fingerprint density at radius 2 is 1.95 bits per heavy atom. The number of nitrogens with zero attached hydrogens (tertiary/aromatic N) is 1. The van der Waals surface area contributed by atoms with Gasteiger partial charge in [-0.1, -0.05) is 12.8 Å². The maximum atomic E-state index is 12.4. The standard InChI is InChI=1S/C12H20F2N2O4/c13-10(14)7-16(5-6-17)12(20)15-9-4-2-1-3-8(9)11(18)19/h8-10,17H,1-7H2,(H,15,20)(H,18,19). The number of aliphatic carboxylic acids is 1. The van der Waals surface area contributed by atoms with E-state index in [-0.39, 0.29) is 6.54 Å². The average molecular weight is 294 g/mol. The van der Waals surface area contributed by atoms with E-state index in [4.69, 9.17) is 10.2 Å². The van der Waals surface area contributed by atoms with Gasteiger partial charge in [0.1, 0.15) is 0 Å². The molecule has 0 aromatic carbocycles. The van der Waals surface area contributed by atoms with Crippen LogP contribution in [-0.2, 0) is 4.79 Å². The summed E-state index contributed by atoms with van der Waals surface area (Å²) in [7, 11) is 0. The summed E-state index contributed by atoms with van der Waals surface area (Å²) in [5, 5.41) is 20.4. The van der Waals surface area contributed by atoms with Crippen LogP contribution in [0.15, 0.2) is 0 Å². The fourth-order valence-corrected chi connectivity index (χ4v) is 2.41. The SMILES string of the molecule is O=C(O)C1CCCCC1NC(=O)N(CCO)CC(F)F. The van der Waals surface area contributed by atoms with Crippen molar-refractivity contribution in [2.75, 3.05) is 19.7 Å². The van der Waals surface area contributed by atoms with E-state index in [1.807, 2.05) is 0 Å². The zero-order valence-electron chi connectivity index (χ0n) is 11.1. The van der Waals surface area contributed by atoms with Crippen LogP contribution >= 0.6 is 0 Å². The highest BCUT2D eigenvalue weighted by molar-refractivity contribution is 5.77. The zero-order valence-corrected chi connectivity index (χ0v) is 11.1. The Morgan fingerprint density at radius 1 is 1.30 bits per heavy atom. The summed E-state index contributed by atoms with van der Waals surface area (Å²) in [6.07, 6.45) is -0.141. The van der Waals surface area contributed by atoms with E-state index in [2.05, 4.69) is 5.32 Å². The largest absolute Gasteiger partial charge is 0.481 e. The highest BCUT2D eigenvalue weighted by Crippen LogP contribution is 2.24. The van der Waals surface area contributed by atoms with Gasteiger partial charge in [0.25, 0.3) is 6.43 Å². The summed E-state index contributed by atoms with van der Waals surface area (Å²) < 4.78 is 24.7. The normalized spacial score (nSPS) is 22.6. The Labute approximate surface area is 115 Å². The minimum atomic E-state index is -2.70. The lowest BCUT2D eigenvalue weighted by Crippen LogP contribution is -2.51. The number of carboxylic acid groups (broad SMARTS) is 1. The number of amides is 2. The molecule has 0 aromatic heterocycles. The molecule has 8 heteroatoms. The Balaban J connectivity index is 2.62. The van der Waals surface area contributed by atoms with E-state index >= 15 is 0 Å². The molecule has 0 aliphatic heterocycles. The van der Waals surface area contributed by atoms with Crippen LogP contribution in [0.4, 0.5) is 13.6 Å². The number of nitrogens with one attached hydrogen (secondary N) is 1. The van der Waals surface area contributed by atoms with Crippen molar-refractivity contribution in [2.24, 2.45) is 5.92 Å². The van der Waals surface area contributed by atoms with Gasteiger partial charge in [0.05, 0.1) is 19.1 Å². The first kappa shape index (κ1) is 16.6. The number of halogens is 2. The molecule has 1 rings (SSSR count). The topological polar surface area (TPSA) is 89.9 Å². The van der Waals surface area contributed by atoms with E-state index in [9.17, 15) is 18.4 Å². The van der Waals surface area contributed by atoms with Crippen molar-refractivity contribution in [3.05, 3.63) is 0 Å². The Kier molecular flexibility index (Phi) is 6.63. The molecule has 1 fully saturated rings. The number of hydrogen-bond acceptors (Lipinski definition) is 3. The fourth-order valence-electron chi connectivity index (χ4n) is 2.41. The minimum Gasteiger partial charge on any atom is -0.481 e. The second-order valence-corrected chi connectivity index (χ2v) is 4.85. The predicted octanol–water partition coefficient (Wildman–Crippen LogP) is 0.899. The van der Waals surface area contributed by atoms with Gasteiger partial charge in [-0.05, 0) is 12.8 Å². The number of urea groups is 1. The van der Waals surface area contributed by atoms with Crippen LogP contribution in [0.3, 0.4) is 0 Å². The number of carbonyl (C=O) groups excluding carboxylic acids is 1. The van der Waals surface area contributed by atoms with Crippen molar-refractivity contribution in [3.63, 3.8) is 0 Å². The lowest BCUT2D eigenvalue weighted by Gasteiger charge is -2.31. The number of hydrogen-bond donors (Lipinski definition) is 3. The van der Waals surface area contributed by atoms with E-state index in [0.29, 0.717) is 12.8 Å². The van der Waals surface area contributed by atoms with Crippen molar-refractivity contribution in [1.29, 1.82) is 0 Å². The lowest BCUT2D eigenvalue weighted by atomic mass is 9.84. The quantitative estimate of drug-likeness (QED) is 0.679. The molecule has 0 radical (unpaired) electrons. The van der Waals surface area contributed by atoms with Crippen LogP contribution in [0.1, 0.15) is 25.7 Å². The first-order valence-corrected chi connectivity index (χ1v) is 6.63. The van der Waals surface area contributed by atoms with Crippen molar-refractivity contribution in [3.8, 4) is 0 Å². The van der Waals surface area contributed by atoms with Crippen molar-refractivity contribution >= 4 is 12.0 Å². The zero-order chi connectivity index (χ0) is 15.1. The summed E-state index contributed by atoms with van der Waals surface area (Å²) in [5.74, 6) is -1.67. The van der Waals surface area contributed by atoms with Crippen LogP contribution in [-0.4, -0.2) is 59.3 Å². The molecule has 20 heavy (non-hydrogen) atoms. The van der Waals surface area contributed by atoms with Crippen LogP contribution in [0.5, 0.6) is 0 Å². The molecule has 3 N–H and O–H groups in total.